The molecule has 1 aromatic heterocycles. The number of unbranched alkanes of at least 4 members (excludes halogenated alkanes) is 2. The van der Waals surface area contributed by atoms with Crippen molar-refractivity contribution in [2.45, 2.75) is 52.0 Å². The van der Waals surface area contributed by atoms with Crippen LogP contribution in [0.5, 0.6) is 0 Å². The van der Waals surface area contributed by atoms with Gasteiger partial charge in [0.05, 0.1) is 0 Å². The van der Waals surface area contributed by atoms with Crippen molar-refractivity contribution in [1.29, 1.82) is 0 Å². The fraction of sp³-hybridized carbons (Fsp3) is 0.667. The van der Waals surface area contributed by atoms with Crippen molar-refractivity contribution < 1.29 is 14.5 Å². The summed E-state index contributed by atoms with van der Waals surface area (Å²) in [4.78, 5) is 11.3. The summed E-state index contributed by atoms with van der Waals surface area (Å²) in [7, 11) is 0. The van der Waals surface area contributed by atoms with Gasteiger partial charge in [0.1, 0.15) is 18.4 Å². The Kier molecular flexibility index (Phi) is 9.36. The van der Waals surface area contributed by atoms with E-state index in [0.29, 0.717) is 6.04 Å². The Morgan fingerprint density at radius 2 is 2.12 bits per heavy atom. The predicted molar refractivity (Wildman–Crippen MR) is 60.5 cm³/mol. The van der Waals surface area contributed by atoms with E-state index in [1.807, 2.05) is 6.20 Å². The van der Waals surface area contributed by atoms with Gasteiger partial charge in [-0.1, -0.05) is 26.7 Å². The predicted octanol–water partition coefficient (Wildman–Crippen LogP) is 1.20. The van der Waals surface area contributed by atoms with Gasteiger partial charge in [-0.3, -0.25) is 4.98 Å². The number of aromatic amines is 1. The Hall–Kier alpha value is -1.32. The van der Waals surface area contributed by atoms with Gasteiger partial charge in [0, 0.05) is 6.47 Å². The van der Waals surface area contributed by atoms with Crippen LogP contribution in [0.2, 0.25) is 0 Å². The Bertz CT molecular complexity index is 248. The molecule has 1 aromatic rings. The zero-order valence-corrected chi connectivity index (χ0v) is 10.2. The lowest BCUT2D eigenvalue weighted by Crippen LogP contribution is -2.36. The molecule has 0 aromatic carbocycles. The molecular weight excluding hydrogens is 204 g/mol. The molecule has 0 amide bonds. The maximum Gasteiger partial charge on any atom is 0.241 e. The average Bonchev–Trinajstić information content (AvgIpc) is 2.79. The fourth-order valence-electron chi connectivity index (χ4n) is 1.72. The highest BCUT2D eigenvalue weighted by Gasteiger charge is 2.11. The third-order valence-corrected chi connectivity index (χ3v) is 2.60. The van der Waals surface area contributed by atoms with Crippen LogP contribution in [-0.2, 0) is 4.79 Å². The van der Waals surface area contributed by atoms with E-state index in [0.717, 1.165) is 0 Å². The van der Waals surface area contributed by atoms with Crippen LogP contribution < -0.4 is 9.67 Å². The van der Waals surface area contributed by atoms with E-state index >= 15 is 0 Å². The molecule has 0 aliphatic rings. The van der Waals surface area contributed by atoms with Gasteiger partial charge in [-0.05, 0) is 19.3 Å². The van der Waals surface area contributed by atoms with Crippen molar-refractivity contribution in [3.8, 4) is 0 Å². The number of carbonyl (C=O) groups excluding carboxylic acids is 1. The quantitative estimate of drug-likeness (QED) is 0.450. The fourth-order valence-corrected chi connectivity index (χ4v) is 1.72. The number of rotatable bonds is 6. The molecule has 16 heavy (non-hydrogen) atoms. The second-order valence-electron chi connectivity index (χ2n) is 3.71. The van der Waals surface area contributed by atoms with Gasteiger partial charge in [0.25, 0.3) is 0 Å². The molecule has 0 aliphatic heterocycles. The average molecular weight is 226 g/mol. The van der Waals surface area contributed by atoms with E-state index in [1.165, 1.54) is 32.1 Å². The van der Waals surface area contributed by atoms with Crippen LogP contribution in [0.4, 0.5) is 0 Å². The number of H-pyrrole nitrogens is 1. The van der Waals surface area contributed by atoms with E-state index in [9.17, 15) is 0 Å². The van der Waals surface area contributed by atoms with Crippen LogP contribution >= 0.6 is 0 Å². The number of hydrogen-bond acceptors (Lipinski definition) is 2. The Balaban J connectivity index is 0.000000673. The summed E-state index contributed by atoms with van der Waals surface area (Å²) < 4.78 is 2.29. The van der Waals surface area contributed by atoms with E-state index < -0.39 is 6.47 Å². The van der Waals surface area contributed by atoms with Crippen LogP contribution in [0.25, 0.3) is 0 Å². The minimum absolute atomic E-state index is 0.500. The molecular formula is C12H22N2O2. The van der Waals surface area contributed by atoms with Gasteiger partial charge in [-0.15, -0.1) is 0 Å². The summed E-state index contributed by atoms with van der Waals surface area (Å²) in [5, 5.41) is 8.25. The number of aromatic nitrogens is 2. The lowest BCUT2D eigenvalue weighted by Gasteiger charge is -2.10. The minimum atomic E-state index is -0.500. The second kappa shape index (κ2) is 10.2. The smallest absolute Gasteiger partial charge is 0.241 e. The summed E-state index contributed by atoms with van der Waals surface area (Å²) in [6.45, 7) is 4.01. The summed E-state index contributed by atoms with van der Waals surface area (Å²) >= 11 is 0. The molecule has 0 fully saturated rings. The first kappa shape index (κ1) is 14.7. The number of carbonyl (C=O) groups is 1. The van der Waals surface area contributed by atoms with Crippen molar-refractivity contribution in [2.75, 3.05) is 0 Å². The van der Waals surface area contributed by atoms with Gasteiger partial charge in [0.2, 0.25) is 6.33 Å². The normalized spacial score (nSPS) is 11.4. The van der Waals surface area contributed by atoms with Gasteiger partial charge >= 0.3 is 0 Å². The molecule has 92 valence electrons. The lowest BCUT2D eigenvalue weighted by atomic mass is 10.1. The van der Waals surface area contributed by atoms with E-state index in [4.69, 9.17) is 9.90 Å². The number of nitrogens with one attached hydrogen (secondary N) is 1. The van der Waals surface area contributed by atoms with Crippen molar-refractivity contribution in [3.05, 3.63) is 18.7 Å². The highest BCUT2D eigenvalue weighted by atomic mass is 16.3. The van der Waals surface area contributed by atoms with Crippen molar-refractivity contribution >= 4 is 6.47 Å². The third-order valence-electron chi connectivity index (χ3n) is 2.60. The molecule has 1 N–H and O–H groups in total. The summed E-state index contributed by atoms with van der Waals surface area (Å²) in [5.41, 5.74) is 0. The molecule has 0 spiro atoms. The van der Waals surface area contributed by atoms with E-state index in [2.05, 4.69) is 35.9 Å². The molecule has 0 radical (unpaired) electrons. The van der Waals surface area contributed by atoms with Crippen molar-refractivity contribution in [3.63, 3.8) is 0 Å². The van der Waals surface area contributed by atoms with Crippen molar-refractivity contribution in [2.24, 2.45) is 0 Å². The number of carboxylic acid groups (broad SMARTS) is 1. The molecule has 4 nitrogen and oxygen atoms in total. The molecule has 0 aliphatic carbocycles. The first-order chi connectivity index (χ1) is 7.79. The first-order valence-electron chi connectivity index (χ1n) is 5.89. The largest absolute Gasteiger partial charge is 0.554 e. The van der Waals surface area contributed by atoms with Crippen LogP contribution in [0.15, 0.2) is 18.7 Å². The highest BCUT2D eigenvalue weighted by molar-refractivity contribution is 5.29. The van der Waals surface area contributed by atoms with E-state index in [-0.39, 0.29) is 0 Å². The zero-order valence-electron chi connectivity index (χ0n) is 10.2. The summed E-state index contributed by atoms with van der Waals surface area (Å²) in [6.07, 6.45) is 12.7. The molecule has 0 saturated heterocycles. The third kappa shape index (κ3) is 6.22. The van der Waals surface area contributed by atoms with Crippen LogP contribution in [0, 0.1) is 0 Å². The molecule has 4 heteroatoms. The SMILES string of the molecule is CCCCCC(CC)[n+]1cc[nH]c1.O=C[O-]. The number of hydrogen-bond donors (Lipinski definition) is 1. The maximum absolute atomic E-state index is 8.25. The Labute approximate surface area is 97.3 Å². The molecule has 1 atom stereocenters. The standard InChI is InChI=1S/C11H20N2.CH2O2/c1-3-5-6-7-11(4-2)13-9-8-12-10-13;2-1-3/h8-11H,3-7H2,1-2H3;1H,(H,2,3). The molecule has 1 heterocycles. The number of nitrogens with zero attached hydrogens (tertiary/aromatic N) is 1. The Morgan fingerprint density at radius 1 is 1.44 bits per heavy atom. The molecule has 1 rings (SSSR count). The lowest BCUT2D eigenvalue weighted by molar-refractivity contribution is -0.722. The monoisotopic (exact) mass is 226 g/mol. The van der Waals surface area contributed by atoms with E-state index in [1.54, 1.807) is 0 Å². The van der Waals surface area contributed by atoms with Crippen LogP contribution in [0.3, 0.4) is 0 Å². The summed E-state index contributed by atoms with van der Waals surface area (Å²) in [5.74, 6) is 0. The zero-order chi connectivity index (χ0) is 12.2. The van der Waals surface area contributed by atoms with Gasteiger partial charge < -0.3 is 9.90 Å². The Morgan fingerprint density at radius 3 is 2.56 bits per heavy atom. The molecule has 0 bridgehead atoms. The number of imidazole rings is 1. The minimum Gasteiger partial charge on any atom is -0.554 e. The molecule has 1 unspecified atom stereocenters. The molecule has 0 saturated carbocycles. The first-order valence-corrected chi connectivity index (χ1v) is 5.89. The highest BCUT2D eigenvalue weighted by Crippen LogP contribution is 2.12. The van der Waals surface area contributed by atoms with Gasteiger partial charge in [0.15, 0.2) is 0 Å². The van der Waals surface area contributed by atoms with Crippen molar-refractivity contribution in [1.82, 2.24) is 4.98 Å². The topological polar surface area (TPSA) is 59.8 Å². The van der Waals surface area contributed by atoms with Crippen LogP contribution in [0.1, 0.15) is 52.0 Å². The maximum atomic E-state index is 8.25. The van der Waals surface area contributed by atoms with Gasteiger partial charge in [-0.25, -0.2) is 4.57 Å². The van der Waals surface area contributed by atoms with Gasteiger partial charge in [-0.2, -0.15) is 0 Å². The van der Waals surface area contributed by atoms with Crippen LogP contribution in [-0.4, -0.2) is 11.5 Å². The second-order valence-corrected chi connectivity index (χ2v) is 3.71. The summed E-state index contributed by atoms with van der Waals surface area (Å²) in [6, 6.07) is 0.692.